The Morgan fingerprint density at radius 1 is 1.07 bits per heavy atom. The molecule has 29 heavy (non-hydrogen) atoms. The van der Waals surface area contributed by atoms with E-state index in [1.54, 1.807) is 0 Å². The largest absolute Gasteiger partial charge is 0.370 e. The van der Waals surface area contributed by atoms with Crippen LogP contribution in [0, 0.1) is 0 Å². The number of hydrogen-bond acceptors (Lipinski definition) is 5. The number of hydrogen-bond donors (Lipinski definition) is 0. The van der Waals surface area contributed by atoms with Gasteiger partial charge in [-0.1, -0.05) is 0 Å². The Morgan fingerprint density at radius 2 is 1.93 bits per heavy atom. The summed E-state index contributed by atoms with van der Waals surface area (Å²) in [4.78, 5) is 9.83. The zero-order valence-electron chi connectivity index (χ0n) is 17.5. The molecule has 3 aromatic heterocycles. The Bertz CT molecular complexity index is 967. The lowest BCUT2D eigenvalue weighted by molar-refractivity contribution is 0.196. The second-order valence-electron chi connectivity index (χ2n) is 8.85. The maximum atomic E-state index is 4.87. The summed E-state index contributed by atoms with van der Waals surface area (Å²) < 4.78 is 4.02. The molecule has 0 spiro atoms. The van der Waals surface area contributed by atoms with Gasteiger partial charge in [0.1, 0.15) is 0 Å². The van der Waals surface area contributed by atoms with Gasteiger partial charge in [0, 0.05) is 49.9 Å². The predicted octanol–water partition coefficient (Wildman–Crippen LogP) is 3.49. The molecular weight excluding hydrogens is 362 g/mol. The van der Waals surface area contributed by atoms with E-state index in [0.29, 0.717) is 12.0 Å². The van der Waals surface area contributed by atoms with E-state index >= 15 is 0 Å². The van der Waals surface area contributed by atoms with Gasteiger partial charge in [0.05, 0.1) is 18.1 Å². The highest BCUT2D eigenvalue weighted by atomic mass is 15.3. The van der Waals surface area contributed by atoms with E-state index in [0.717, 1.165) is 50.6 Å². The van der Waals surface area contributed by atoms with E-state index in [1.165, 1.54) is 30.5 Å². The average molecular weight is 394 g/mol. The zero-order valence-corrected chi connectivity index (χ0v) is 17.5. The Hall–Kier alpha value is -2.41. The van der Waals surface area contributed by atoms with Crippen molar-refractivity contribution in [3.8, 4) is 0 Å². The Balaban J connectivity index is 1.30. The van der Waals surface area contributed by atoms with Crippen LogP contribution in [-0.2, 0) is 6.54 Å². The Labute approximate surface area is 172 Å². The Morgan fingerprint density at radius 3 is 2.72 bits per heavy atom. The lowest BCUT2D eigenvalue weighted by Gasteiger charge is -2.30. The molecule has 7 heteroatoms. The first-order chi connectivity index (χ1) is 14.2. The molecule has 7 nitrogen and oxygen atoms in total. The van der Waals surface area contributed by atoms with Gasteiger partial charge in [-0.3, -0.25) is 9.58 Å². The summed E-state index contributed by atoms with van der Waals surface area (Å²) in [5.74, 6) is 1.39. The smallest absolute Gasteiger partial charge is 0.156 e. The minimum atomic E-state index is 0.402. The number of rotatable bonds is 5. The molecule has 1 atom stereocenters. The molecule has 2 aliphatic heterocycles. The Kier molecular flexibility index (Phi) is 4.99. The topological polar surface area (TPSA) is 54.5 Å². The van der Waals surface area contributed by atoms with Crippen LogP contribution in [0.25, 0.3) is 5.65 Å². The van der Waals surface area contributed by atoms with Gasteiger partial charge in [-0.2, -0.15) is 10.2 Å². The first kappa shape index (κ1) is 18.6. The number of pyridine rings is 1. The molecule has 154 valence electrons. The molecule has 0 amide bonds. The number of anilines is 1. The predicted molar refractivity (Wildman–Crippen MR) is 114 cm³/mol. The lowest BCUT2D eigenvalue weighted by atomic mass is 9.97. The molecular formula is C22H31N7. The molecule has 1 unspecified atom stereocenters. The highest BCUT2D eigenvalue weighted by Crippen LogP contribution is 2.27. The first-order valence-electron chi connectivity index (χ1n) is 11.0. The van der Waals surface area contributed by atoms with Crippen LogP contribution >= 0.6 is 0 Å². The van der Waals surface area contributed by atoms with Crippen LogP contribution in [0.1, 0.15) is 62.9 Å². The van der Waals surface area contributed by atoms with Crippen molar-refractivity contribution in [1.29, 1.82) is 0 Å². The normalized spacial score (nSPS) is 20.9. The minimum absolute atomic E-state index is 0.402. The molecule has 0 N–H and O–H groups in total. The summed E-state index contributed by atoms with van der Waals surface area (Å²) in [5, 5.41) is 9.36. The van der Waals surface area contributed by atoms with Gasteiger partial charge in [-0.05, 0) is 58.2 Å². The van der Waals surface area contributed by atoms with Crippen LogP contribution in [0.15, 0.2) is 30.7 Å². The standard InChI is InChI=1S/C22H31N7/c1-17(2)28-14-18(12-23-28)13-26-9-5-6-19(15-26)22-24-21-8-7-20(16-29(21)25-22)27-10-3-4-11-27/h7-8,12,14,16-17,19H,3-6,9-11,13,15H2,1-2H3. The average Bonchev–Trinajstić information content (AvgIpc) is 3.47. The van der Waals surface area contributed by atoms with Crippen molar-refractivity contribution in [1.82, 2.24) is 29.3 Å². The maximum absolute atomic E-state index is 4.87. The van der Waals surface area contributed by atoms with Gasteiger partial charge in [-0.25, -0.2) is 9.50 Å². The second-order valence-corrected chi connectivity index (χ2v) is 8.85. The first-order valence-corrected chi connectivity index (χ1v) is 11.0. The summed E-state index contributed by atoms with van der Waals surface area (Å²) >= 11 is 0. The highest BCUT2D eigenvalue weighted by Gasteiger charge is 2.25. The van der Waals surface area contributed by atoms with E-state index in [1.807, 2.05) is 15.4 Å². The third kappa shape index (κ3) is 3.88. The van der Waals surface area contributed by atoms with Crippen molar-refractivity contribution >= 4 is 11.3 Å². The molecule has 2 saturated heterocycles. The third-order valence-corrected chi connectivity index (χ3v) is 6.26. The van der Waals surface area contributed by atoms with Gasteiger partial charge in [0.2, 0.25) is 0 Å². The number of likely N-dealkylation sites (tertiary alicyclic amines) is 1. The summed E-state index contributed by atoms with van der Waals surface area (Å²) in [6.07, 6.45) is 11.3. The van der Waals surface area contributed by atoms with E-state index < -0.39 is 0 Å². The fourth-order valence-corrected chi connectivity index (χ4v) is 4.63. The highest BCUT2D eigenvalue weighted by molar-refractivity contribution is 5.51. The number of aromatic nitrogens is 5. The molecule has 0 radical (unpaired) electrons. The molecule has 2 fully saturated rings. The van der Waals surface area contributed by atoms with E-state index in [-0.39, 0.29) is 0 Å². The molecule has 0 saturated carbocycles. The van der Waals surface area contributed by atoms with Crippen LogP contribution in [-0.4, -0.2) is 55.5 Å². The van der Waals surface area contributed by atoms with Crippen molar-refractivity contribution in [2.24, 2.45) is 0 Å². The summed E-state index contributed by atoms with van der Waals surface area (Å²) in [6, 6.07) is 4.72. The third-order valence-electron chi connectivity index (χ3n) is 6.26. The number of piperidine rings is 1. The van der Waals surface area contributed by atoms with Crippen molar-refractivity contribution in [3.63, 3.8) is 0 Å². The monoisotopic (exact) mass is 393 g/mol. The number of nitrogens with zero attached hydrogens (tertiary/aromatic N) is 7. The number of fused-ring (bicyclic) bond motifs is 1. The van der Waals surface area contributed by atoms with Crippen molar-refractivity contribution in [2.45, 2.75) is 58.0 Å². The van der Waals surface area contributed by atoms with Gasteiger partial charge >= 0.3 is 0 Å². The van der Waals surface area contributed by atoms with E-state index in [4.69, 9.17) is 10.1 Å². The summed E-state index contributed by atoms with van der Waals surface area (Å²) in [6.45, 7) is 9.74. The van der Waals surface area contributed by atoms with E-state index in [2.05, 4.69) is 53.3 Å². The maximum Gasteiger partial charge on any atom is 0.156 e. The second kappa shape index (κ2) is 7.78. The van der Waals surface area contributed by atoms with Crippen LogP contribution < -0.4 is 4.90 Å². The quantitative estimate of drug-likeness (QED) is 0.664. The fraction of sp³-hybridized carbons (Fsp3) is 0.591. The molecule has 0 bridgehead atoms. The van der Waals surface area contributed by atoms with Gasteiger partial charge in [0.15, 0.2) is 11.5 Å². The van der Waals surface area contributed by atoms with Crippen molar-refractivity contribution in [3.05, 3.63) is 42.1 Å². The van der Waals surface area contributed by atoms with Crippen molar-refractivity contribution in [2.75, 3.05) is 31.1 Å². The van der Waals surface area contributed by atoms with Crippen LogP contribution in [0.3, 0.4) is 0 Å². The van der Waals surface area contributed by atoms with Crippen LogP contribution in [0.5, 0.6) is 0 Å². The molecule has 0 aromatic carbocycles. The SMILES string of the molecule is CC(C)n1cc(CN2CCCC(c3nc4ccc(N5CCCC5)cn4n3)C2)cn1. The molecule has 3 aromatic rings. The molecule has 0 aliphatic carbocycles. The fourth-order valence-electron chi connectivity index (χ4n) is 4.63. The van der Waals surface area contributed by atoms with E-state index in [9.17, 15) is 0 Å². The van der Waals surface area contributed by atoms with Gasteiger partial charge in [0.25, 0.3) is 0 Å². The summed E-state index contributed by atoms with van der Waals surface area (Å²) in [7, 11) is 0. The van der Waals surface area contributed by atoms with Crippen LogP contribution in [0.4, 0.5) is 5.69 Å². The van der Waals surface area contributed by atoms with Gasteiger partial charge < -0.3 is 4.90 Å². The molecule has 5 rings (SSSR count). The summed E-state index contributed by atoms with van der Waals surface area (Å²) in [5.41, 5.74) is 3.51. The minimum Gasteiger partial charge on any atom is -0.370 e. The van der Waals surface area contributed by atoms with Gasteiger partial charge in [-0.15, -0.1) is 0 Å². The molecule has 5 heterocycles. The van der Waals surface area contributed by atoms with Crippen LogP contribution in [0.2, 0.25) is 0 Å². The lowest BCUT2D eigenvalue weighted by Crippen LogP contribution is -2.34. The van der Waals surface area contributed by atoms with Crippen molar-refractivity contribution < 1.29 is 0 Å². The molecule has 2 aliphatic rings. The zero-order chi connectivity index (χ0) is 19.8.